The third-order valence-corrected chi connectivity index (χ3v) is 4.90. The Morgan fingerprint density at radius 2 is 2.11 bits per heavy atom. The van der Waals surface area contributed by atoms with Crippen molar-refractivity contribution in [1.29, 1.82) is 0 Å². The summed E-state index contributed by atoms with van der Waals surface area (Å²) in [6, 6.07) is 9.75. The quantitative estimate of drug-likeness (QED) is 0.725. The summed E-state index contributed by atoms with van der Waals surface area (Å²) >= 11 is 0. The van der Waals surface area contributed by atoms with Crippen molar-refractivity contribution in [2.45, 2.75) is 32.1 Å². The van der Waals surface area contributed by atoms with E-state index in [4.69, 9.17) is 0 Å². The third-order valence-electron chi connectivity index (χ3n) is 4.90. The van der Waals surface area contributed by atoms with Crippen molar-refractivity contribution in [2.75, 3.05) is 19.6 Å². The highest BCUT2D eigenvalue weighted by molar-refractivity contribution is 5.83. The first-order chi connectivity index (χ1) is 13.2. The van der Waals surface area contributed by atoms with E-state index in [1.165, 1.54) is 5.56 Å². The Hall–Kier alpha value is -2.76. The lowest BCUT2D eigenvalue weighted by molar-refractivity contribution is -0.138. The zero-order chi connectivity index (χ0) is 18.9. The molecule has 6 nitrogen and oxygen atoms in total. The number of rotatable bonds is 8. The molecule has 3 rings (SSSR count). The number of amides is 2. The van der Waals surface area contributed by atoms with Crippen molar-refractivity contribution < 1.29 is 9.59 Å². The summed E-state index contributed by atoms with van der Waals surface area (Å²) < 4.78 is 0. The molecule has 1 aliphatic rings. The maximum atomic E-state index is 12.5. The molecule has 3 heterocycles. The van der Waals surface area contributed by atoms with Crippen LogP contribution >= 0.6 is 0 Å². The fourth-order valence-corrected chi connectivity index (χ4v) is 3.33. The Morgan fingerprint density at radius 1 is 1.19 bits per heavy atom. The minimum absolute atomic E-state index is 0.0523. The summed E-state index contributed by atoms with van der Waals surface area (Å²) in [5, 5.41) is 3.02. The van der Waals surface area contributed by atoms with Crippen LogP contribution in [0.25, 0.3) is 0 Å². The van der Waals surface area contributed by atoms with Gasteiger partial charge in [-0.3, -0.25) is 19.6 Å². The van der Waals surface area contributed by atoms with E-state index in [0.717, 1.165) is 18.5 Å². The molecule has 1 saturated heterocycles. The molecular weight excluding hydrogens is 340 g/mol. The van der Waals surface area contributed by atoms with Gasteiger partial charge in [-0.05, 0) is 43.0 Å². The van der Waals surface area contributed by atoms with Gasteiger partial charge in [0.1, 0.15) is 0 Å². The largest absolute Gasteiger partial charge is 0.356 e. The summed E-state index contributed by atoms with van der Waals surface area (Å²) in [7, 11) is 0. The van der Waals surface area contributed by atoms with Gasteiger partial charge in [0.15, 0.2) is 0 Å². The zero-order valence-electron chi connectivity index (χ0n) is 15.5. The maximum absolute atomic E-state index is 12.5. The van der Waals surface area contributed by atoms with Crippen LogP contribution in [-0.4, -0.2) is 46.3 Å². The van der Waals surface area contributed by atoms with Gasteiger partial charge < -0.3 is 10.2 Å². The van der Waals surface area contributed by atoms with Crippen LogP contribution in [0.15, 0.2) is 48.9 Å². The molecule has 0 radical (unpaired) electrons. The molecule has 0 spiro atoms. The molecule has 0 aromatic carbocycles. The standard InChI is InChI=1S/C21H26N4O2/c26-20-9-8-18(16-25(20)14-10-19-7-1-2-12-23-19)21(27)24-13-4-6-17-5-3-11-22-15-17/h1-3,5,7,11-12,15,18H,4,6,8-10,13-14,16H2,(H,24,27). The Morgan fingerprint density at radius 3 is 2.89 bits per heavy atom. The second kappa shape index (κ2) is 9.80. The number of pyridine rings is 2. The highest BCUT2D eigenvalue weighted by Crippen LogP contribution is 2.18. The van der Waals surface area contributed by atoms with E-state index in [0.29, 0.717) is 38.9 Å². The van der Waals surface area contributed by atoms with Gasteiger partial charge in [-0.15, -0.1) is 0 Å². The molecule has 27 heavy (non-hydrogen) atoms. The summed E-state index contributed by atoms with van der Waals surface area (Å²) in [6.45, 7) is 1.76. The number of hydrogen-bond acceptors (Lipinski definition) is 4. The number of nitrogens with one attached hydrogen (secondary N) is 1. The van der Waals surface area contributed by atoms with Crippen LogP contribution in [0.1, 0.15) is 30.5 Å². The van der Waals surface area contributed by atoms with Crippen molar-refractivity contribution in [3.8, 4) is 0 Å². The average molecular weight is 366 g/mol. The van der Waals surface area contributed by atoms with E-state index >= 15 is 0 Å². The molecule has 2 aromatic heterocycles. The molecule has 1 fully saturated rings. The summed E-state index contributed by atoms with van der Waals surface area (Å²) in [6.07, 6.45) is 8.94. The fraction of sp³-hybridized carbons (Fsp3) is 0.429. The first kappa shape index (κ1) is 19.0. The minimum atomic E-state index is -0.121. The van der Waals surface area contributed by atoms with Gasteiger partial charge in [-0.1, -0.05) is 12.1 Å². The molecule has 1 atom stereocenters. The Labute approximate surface area is 160 Å². The lowest BCUT2D eigenvalue weighted by Crippen LogP contribution is -2.46. The van der Waals surface area contributed by atoms with Gasteiger partial charge >= 0.3 is 0 Å². The summed E-state index contributed by atoms with van der Waals surface area (Å²) in [5.41, 5.74) is 2.14. The van der Waals surface area contributed by atoms with E-state index in [1.807, 2.05) is 36.5 Å². The molecule has 0 bridgehead atoms. The normalized spacial score (nSPS) is 17.0. The van der Waals surface area contributed by atoms with Gasteiger partial charge in [-0.25, -0.2) is 0 Å². The van der Waals surface area contributed by atoms with Gasteiger partial charge in [-0.2, -0.15) is 0 Å². The van der Waals surface area contributed by atoms with Crippen molar-refractivity contribution >= 4 is 11.8 Å². The minimum Gasteiger partial charge on any atom is -0.356 e. The van der Waals surface area contributed by atoms with Crippen LogP contribution in [0.3, 0.4) is 0 Å². The highest BCUT2D eigenvalue weighted by atomic mass is 16.2. The molecule has 2 amide bonds. The lowest BCUT2D eigenvalue weighted by Gasteiger charge is -2.32. The number of aromatic nitrogens is 2. The van der Waals surface area contributed by atoms with Crippen LogP contribution in [0, 0.1) is 5.92 Å². The number of piperidine rings is 1. The average Bonchev–Trinajstić information content (AvgIpc) is 2.72. The number of nitrogens with zero attached hydrogens (tertiary/aromatic N) is 3. The van der Waals surface area contributed by atoms with Crippen LogP contribution in [0.2, 0.25) is 0 Å². The SMILES string of the molecule is O=C(NCCCc1cccnc1)C1CCC(=O)N(CCc2ccccn2)C1. The second-order valence-electron chi connectivity index (χ2n) is 6.90. The predicted octanol–water partition coefficient (Wildman–Crippen LogP) is 2.01. The molecular formula is C21H26N4O2. The third kappa shape index (κ3) is 5.88. The molecule has 0 saturated carbocycles. The number of aryl methyl sites for hydroxylation is 1. The Bertz CT molecular complexity index is 736. The van der Waals surface area contributed by atoms with Crippen molar-refractivity contribution in [3.05, 3.63) is 60.2 Å². The second-order valence-corrected chi connectivity index (χ2v) is 6.90. The Balaban J connectivity index is 1.41. The van der Waals surface area contributed by atoms with Crippen LogP contribution in [-0.2, 0) is 22.4 Å². The zero-order valence-corrected chi connectivity index (χ0v) is 15.5. The van der Waals surface area contributed by atoms with E-state index in [1.54, 1.807) is 17.3 Å². The van der Waals surface area contributed by atoms with E-state index in [9.17, 15) is 9.59 Å². The van der Waals surface area contributed by atoms with Gasteiger partial charge in [0.25, 0.3) is 0 Å². The van der Waals surface area contributed by atoms with Crippen molar-refractivity contribution in [3.63, 3.8) is 0 Å². The predicted molar refractivity (Wildman–Crippen MR) is 103 cm³/mol. The van der Waals surface area contributed by atoms with E-state index in [-0.39, 0.29) is 17.7 Å². The molecule has 2 aromatic rings. The number of carbonyl (C=O) groups is 2. The molecule has 1 aliphatic heterocycles. The first-order valence-corrected chi connectivity index (χ1v) is 9.56. The highest BCUT2D eigenvalue weighted by Gasteiger charge is 2.29. The van der Waals surface area contributed by atoms with Gasteiger partial charge in [0.05, 0.1) is 5.92 Å². The first-order valence-electron chi connectivity index (χ1n) is 9.56. The Kier molecular flexibility index (Phi) is 6.90. The number of carbonyl (C=O) groups excluding carboxylic acids is 2. The lowest BCUT2D eigenvalue weighted by atomic mass is 9.96. The molecule has 0 aliphatic carbocycles. The summed E-state index contributed by atoms with van der Waals surface area (Å²) in [5.74, 6) is 0.0629. The fourth-order valence-electron chi connectivity index (χ4n) is 3.33. The number of likely N-dealkylation sites (tertiary alicyclic amines) is 1. The molecule has 6 heteroatoms. The molecule has 1 unspecified atom stereocenters. The van der Waals surface area contributed by atoms with Crippen molar-refractivity contribution in [1.82, 2.24) is 20.2 Å². The monoisotopic (exact) mass is 366 g/mol. The van der Waals surface area contributed by atoms with E-state index in [2.05, 4.69) is 15.3 Å². The van der Waals surface area contributed by atoms with Gasteiger partial charge in [0, 0.05) is 56.8 Å². The van der Waals surface area contributed by atoms with Crippen LogP contribution in [0.4, 0.5) is 0 Å². The molecule has 142 valence electrons. The topological polar surface area (TPSA) is 75.2 Å². The van der Waals surface area contributed by atoms with Gasteiger partial charge in [0.2, 0.25) is 11.8 Å². The maximum Gasteiger partial charge on any atom is 0.224 e. The van der Waals surface area contributed by atoms with Crippen molar-refractivity contribution in [2.24, 2.45) is 5.92 Å². The van der Waals surface area contributed by atoms with Crippen LogP contribution in [0.5, 0.6) is 0 Å². The molecule has 1 N–H and O–H groups in total. The van der Waals surface area contributed by atoms with Crippen LogP contribution < -0.4 is 5.32 Å². The number of hydrogen-bond donors (Lipinski definition) is 1. The summed E-state index contributed by atoms with van der Waals surface area (Å²) in [4.78, 5) is 34.8. The van der Waals surface area contributed by atoms with E-state index < -0.39 is 0 Å². The smallest absolute Gasteiger partial charge is 0.224 e.